The summed E-state index contributed by atoms with van der Waals surface area (Å²) in [6, 6.07) is 0. The van der Waals surface area contributed by atoms with Crippen LogP contribution in [0.4, 0.5) is 0 Å². The molecule has 342 valence electrons. The summed E-state index contributed by atoms with van der Waals surface area (Å²) in [5.74, 6) is -0.926. The maximum Gasteiger partial charge on any atom is 0.306 e. The summed E-state index contributed by atoms with van der Waals surface area (Å²) in [6.07, 6.45) is 61.6. The summed E-state index contributed by atoms with van der Waals surface area (Å²) < 4.78 is 16.7. The molecule has 0 spiro atoms. The first-order chi connectivity index (χ1) is 29.5. The second-order valence-electron chi connectivity index (χ2n) is 16.0. The van der Waals surface area contributed by atoms with Crippen LogP contribution in [0.1, 0.15) is 220 Å². The van der Waals surface area contributed by atoms with Crippen molar-refractivity contribution in [1.29, 1.82) is 0 Å². The lowest BCUT2D eigenvalue weighted by atomic mass is 10.1. The first-order valence-electron chi connectivity index (χ1n) is 24.6. The Balaban J connectivity index is 4.25. The van der Waals surface area contributed by atoms with Gasteiger partial charge < -0.3 is 14.2 Å². The SMILES string of the molecule is CC/C=C\C/C=C\C/C=C\C/C=C\CCCCCCCCCCC(=O)OCC(COC(=O)CCCCCCCC)OC(=O)CCCCCCC/C=C\C/C=C\C/C=C\CC. The fourth-order valence-corrected chi connectivity index (χ4v) is 6.50. The molecule has 1 unspecified atom stereocenters. The Labute approximate surface area is 369 Å². The van der Waals surface area contributed by atoms with E-state index < -0.39 is 6.10 Å². The highest BCUT2D eigenvalue weighted by Gasteiger charge is 2.19. The van der Waals surface area contributed by atoms with E-state index >= 15 is 0 Å². The number of rotatable bonds is 43. The van der Waals surface area contributed by atoms with Crippen molar-refractivity contribution in [3.05, 3.63) is 85.1 Å². The lowest BCUT2D eigenvalue weighted by molar-refractivity contribution is -0.167. The fraction of sp³-hybridized carbons (Fsp3) is 0.685. The van der Waals surface area contributed by atoms with E-state index in [0.29, 0.717) is 19.3 Å². The van der Waals surface area contributed by atoms with Gasteiger partial charge in [-0.15, -0.1) is 0 Å². The summed E-state index contributed by atoms with van der Waals surface area (Å²) in [5.41, 5.74) is 0. The third-order valence-corrected chi connectivity index (χ3v) is 10.1. The van der Waals surface area contributed by atoms with E-state index in [2.05, 4.69) is 106 Å². The minimum atomic E-state index is -0.785. The first kappa shape index (κ1) is 56.6. The molecule has 0 saturated heterocycles. The quantitative estimate of drug-likeness (QED) is 0.0263. The minimum Gasteiger partial charge on any atom is -0.462 e. The number of ether oxygens (including phenoxy) is 3. The smallest absolute Gasteiger partial charge is 0.306 e. The maximum atomic E-state index is 12.7. The van der Waals surface area contributed by atoms with Gasteiger partial charge in [0.1, 0.15) is 13.2 Å². The lowest BCUT2D eigenvalue weighted by Crippen LogP contribution is -2.30. The van der Waals surface area contributed by atoms with Gasteiger partial charge in [0.2, 0.25) is 0 Å². The van der Waals surface area contributed by atoms with Crippen LogP contribution >= 0.6 is 0 Å². The van der Waals surface area contributed by atoms with Crippen molar-refractivity contribution in [3.63, 3.8) is 0 Å². The molecule has 0 aromatic rings. The molecule has 60 heavy (non-hydrogen) atoms. The largest absolute Gasteiger partial charge is 0.462 e. The maximum absolute atomic E-state index is 12.7. The van der Waals surface area contributed by atoms with Crippen LogP contribution in [-0.2, 0) is 28.6 Å². The third kappa shape index (κ3) is 45.7. The second-order valence-corrected chi connectivity index (χ2v) is 16.0. The van der Waals surface area contributed by atoms with Gasteiger partial charge in [0.05, 0.1) is 0 Å². The van der Waals surface area contributed by atoms with Gasteiger partial charge in [-0.3, -0.25) is 14.4 Å². The Hall–Kier alpha value is -3.41. The molecule has 0 aromatic heterocycles. The normalized spacial score (nSPS) is 12.8. The standard InChI is InChI=1S/C54H90O6/c1-4-7-10-13-16-18-20-22-24-25-26-27-28-29-31-32-34-36-38-41-44-47-53(56)59-50-51(49-58-52(55)46-43-40-15-12-9-6-3)60-54(57)48-45-42-39-37-35-33-30-23-21-19-17-14-11-8-5-2/h7-8,10-11,16-19,22-24,26-27,30,51H,4-6,9,12-15,20-21,25,28-29,31-50H2,1-3H3/b10-7-,11-8-,18-16-,19-17-,24-22-,27-26-,30-23-. The average molecular weight is 835 g/mol. The zero-order valence-corrected chi connectivity index (χ0v) is 38.9. The average Bonchev–Trinajstić information content (AvgIpc) is 3.24. The zero-order valence-electron chi connectivity index (χ0n) is 38.9. The van der Waals surface area contributed by atoms with Crippen LogP contribution in [0.5, 0.6) is 0 Å². The number of hydrogen-bond acceptors (Lipinski definition) is 6. The number of hydrogen-bond donors (Lipinski definition) is 0. The van der Waals surface area contributed by atoms with Crippen LogP contribution in [0.15, 0.2) is 85.1 Å². The van der Waals surface area contributed by atoms with E-state index in [0.717, 1.165) is 128 Å². The molecule has 0 aliphatic carbocycles. The van der Waals surface area contributed by atoms with Gasteiger partial charge >= 0.3 is 17.9 Å². The highest BCUT2D eigenvalue weighted by Crippen LogP contribution is 2.14. The molecule has 0 aromatic carbocycles. The van der Waals surface area contributed by atoms with Crippen molar-refractivity contribution in [2.75, 3.05) is 13.2 Å². The Morgan fingerprint density at radius 2 is 0.650 bits per heavy atom. The van der Waals surface area contributed by atoms with Gasteiger partial charge in [-0.25, -0.2) is 0 Å². The predicted octanol–water partition coefficient (Wildman–Crippen LogP) is 16.0. The van der Waals surface area contributed by atoms with E-state index in [9.17, 15) is 14.4 Å². The molecule has 0 bridgehead atoms. The Morgan fingerprint density at radius 3 is 1.02 bits per heavy atom. The molecule has 1 atom stereocenters. The van der Waals surface area contributed by atoms with E-state index in [4.69, 9.17) is 14.2 Å². The molecule has 0 heterocycles. The van der Waals surface area contributed by atoms with Gasteiger partial charge in [-0.1, -0.05) is 196 Å². The molecule has 0 rings (SSSR count). The number of carbonyl (C=O) groups is 3. The van der Waals surface area contributed by atoms with Gasteiger partial charge in [-0.2, -0.15) is 0 Å². The van der Waals surface area contributed by atoms with Crippen molar-refractivity contribution < 1.29 is 28.6 Å². The van der Waals surface area contributed by atoms with Crippen molar-refractivity contribution in [1.82, 2.24) is 0 Å². The Kier molecular flexibility index (Phi) is 45.5. The topological polar surface area (TPSA) is 78.9 Å². The second kappa shape index (κ2) is 48.3. The summed E-state index contributed by atoms with van der Waals surface area (Å²) >= 11 is 0. The number of unbranched alkanes of at least 4 members (excludes halogenated alkanes) is 18. The van der Waals surface area contributed by atoms with Crippen LogP contribution < -0.4 is 0 Å². The van der Waals surface area contributed by atoms with Crippen molar-refractivity contribution in [2.45, 2.75) is 226 Å². The van der Waals surface area contributed by atoms with E-state index in [1.807, 2.05) is 0 Å². The molecule has 6 heteroatoms. The van der Waals surface area contributed by atoms with E-state index in [1.165, 1.54) is 51.4 Å². The van der Waals surface area contributed by atoms with Gasteiger partial charge in [0, 0.05) is 19.3 Å². The van der Waals surface area contributed by atoms with Crippen molar-refractivity contribution in [3.8, 4) is 0 Å². The molecule has 0 saturated carbocycles. The highest BCUT2D eigenvalue weighted by molar-refractivity contribution is 5.71. The van der Waals surface area contributed by atoms with Crippen molar-refractivity contribution >= 4 is 17.9 Å². The van der Waals surface area contributed by atoms with Crippen LogP contribution in [0.25, 0.3) is 0 Å². The predicted molar refractivity (Wildman–Crippen MR) is 256 cm³/mol. The first-order valence-corrected chi connectivity index (χ1v) is 24.6. The monoisotopic (exact) mass is 835 g/mol. The minimum absolute atomic E-state index is 0.0870. The van der Waals surface area contributed by atoms with Crippen LogP contribution in [0.2, 0.25) is 0 Å². The summed E-state index contributed by atoms with van der Waals surface area (Å²) in [4.78, 5) is 37.7. The highest BCUT2D eigenvalue weighted by atomic mass is 16.6. The molecule has 0 N–H and O–H groups in total. The molecule has 0 fully saturated rings. The van der Waals surface area contributed by atoms with E-state index in [-0.39, 0.29) is 31.1 Å². The van der Waals surface area contributed by atoms with Gasteiger partial charge in [0.25, 0.3) is 0 Å². The molecule has 0 radical (unpaired) electrons. The molecule has 0 amide bonds. The van der Waals surface area contributed by atoms with E-state index in [1.54, 1.807) is 0 Å². The number of carbonyl (C=O) groups excluding carboxylic acids is 3. The summed E-state index contributed by atoms with van der Waals surface area (Å²) in [6.45, 7) is 6.32. The lowest BCUT2D eigenvalue weighted by Gasteiger charge is -2.18. The summed E-state index contributed by atoms with van der Waals surface area (Å²) in [7, 11) is 0. The Morgan fingerprint density at radius 1 is 0.350 bits per heavy atom. The third-order valence-electron chi connectivity index (χ3n) is 10.1. The van der Waals surface area contributed by atoms with Gasteiger partial charge in [0.15, 0.2) is 6.10 Å². The molecular weight excluding hydrogens is 745 g/mol. The number of allylic oxidation sites excluding steroid dienone is 14. The molecule has 0 aliphatic rings. The zero-order chi connectivity index (χ0) is 43.7. The Bertz CT molecular complexity index is 1190. The van der Waals surface area contributed by atoms with Crippen LogP contribution in [0.3, 0.4) is 0 Å². The fourth-order valence-electron chi connectivity index (χ4n) is 6.50. The number of esters is 3. The van der Waals surface area contributed by atoms with Crippen LogP contribution in [0, 0.1) is 0 Å². The molecular formula is C54H90O6. The van der Waals surface area contributed by atoms with Gasteiger partial charge in [-0.05, 0) is 89.9 Å². The molecule has 0 aliphatic heterocycles. The van der Waals surface area contributed by atoms with Crippen molar-refractivity contribution in [2.24, 2.45) is 0 Å². The summed E-state index contributed by atoms with van der Waals surface area (Å²) in [5, 5.41) is 0. The molecule has 6 nitrogen and oxygen atoms in total. The van der Waals surface area contributed by atoms with Crippen LogP contribution in [-0.4, -0.2) is 37.2 Å².